The molecule has 0 bridgehead atoms. The number of carbonyl (C=O) groups excluding carboxylic acids is 1. The first-order valence-corrected chi connectivity index (χ1v) is 7.64. The second kappa shape index (κ2) is 5.37. The molecule has 104 valence electrons. The Balaban J connectivity index is 1.80. The molecule has 0 saturated carbocycles. The maximum atomic E-state index is 13.1. The van der Waals surface area contributed by atoms with E-state index in [1.807, 2.05) is 6.07 Å². The second-order valence-electron chi connectivity index (χ2n) is 5.18. The maximum Gasteiger partial charge on any atom is 0.265 e. The van der Waals surface area contributed by atoms with Gasteiger partial charge in [0.1, 0.15) is 5.82 Å². The summed E-state index contributed by atoms with van der Waals surface area (Å²) in [6, 6.07) is 6.40. The van der Waals surface area contributed by atoms with Gasteiger partial charge < -0.3 is 5.32 Å². The summed E-state index contributed by atoms with van der Waals surface area (Å²) in [5.41, 5.74) is 2.73. The summed E-state index contributed by atoms with van der Waals surface area (Å²) in [7, 11) is 0. The highest BCUT2D eigenvalue weighted by Gasteiger charge is 2.17. The van der Waals surface area contributed by atoms with Crippen molar-refractivity contribution in [3.05, 3.63) is 51.0 Å². The number of fused-ring (bicyclic) bond motifs is 1. The highest BCUT2D eigenvalue weighted by molar-refractivity contribution is 7.14. The predicted molar refractivity (Wildman–Crippen MR) is 80.1 cm³/mol. The van der Waals surface area contributed by atoms with Crippen molar-refractivity contribution in [2.24, 2.45) is 0 Å². The van der Waals surface area contributed by atoms with Crippen molar-refractivity contribution in [3.8, 4) is 0 Å². The van der Waals surface area contributed by atoms with E-state index < -0.39 is 0 Å². The first-order valence-electron chi connectivity index (χ1n) is 6.82. The monoisotopic (exact) mass is 289 g/mol. The molecule has 0 spiro atoms. The van der Waals surface area contributed by atoms with Gasteiger partial charge in [-0.3, -0.25) is 4.79 Å². The minimum atomic E-state index is -0.285. The molecule has 3 rings (SSSR count). The molecule has 1 heterocycles. The van der Waals surface area contributed by atoms with Crippen LogP contribution in [-0.2, 0) is 12.8 Å². The third-order valence-electron chi connectivity index (χ3n) is 3.66. The Hall–Kier alpha value is -1.68. The summed E-state index contributed by atoms with van der Waals surface area (Å²) in [5.74, 6) is -0.383. The van der Waals surface area contributed by atoms with Crippen LogP contribution < -0.4 is 5.32 Å². The number of benzene rings is 1. The van der Waals surface area contributed by atoms with E-state index in [0.29, 0.717) is 5.69 Å². The average molecular weight is 289 g/mol. The average Bonchev–Trinajstić information content (AvgIpc) is 2.86. The topological polar surface area (TPSA) is 29.1 Å². The number of anilines is 1. The van der Waals surface area contributed by atoms with Gasteiger partial charge in [0.15, 0.2) is 0 Å². The molecule has 1 N–H and O–H groups in total. The first kappa shape index (κ1) is 13.3. The van der Waals surface area contributed by atoms with E-state index in [-0.39, 0.29) is 11.7 Å². The van der Waals surface area contributed by atoms with Crippen LogP contribution in [0.3, 0.4) is 0 Å². The summed E-state index contributed by atoms with van der Waals surface area (Å²) in [5, 5.41) is 2.87. The number of aryl methyl sites for hydroxylation is 3. The Morgan fingerprint density at radius 2 is 2.05 bits per heavy atom. The third kappa shape index (κ3) is 2.61. The molecule has 2 nitrogen and oxygen atoms in total. The number of hydrogen-bond acceptors (Lipinski definition) is 2. The third-order valence-corrected chi connectivity index (χ3v) is 4.89. The summed E-state index contributed by atoms with van der Waals surface area (Å²) in [4.78, 5) is 14.4. The molecule has 0 unspecified atom stereocenters. The van der Waals surface area contributed by atoms with Gasteiger partial charge in [0.2, 0.25) is 0 Å². The fourth-order valence-electron chi connectivity index (χ4n) is 2.55. The smallest absolute Gasteiger partial charge is 0.265 e. The Morgan fingerprint density at radius 1 is 1.25 bits per heavy atom. The van der Waals surface area contributed by atoms with Gasteiger partial charge in [0, 0.05) is 10.6 Å². The van der Waals surface area contributed by atoms with Crippen molar-refractivity contribution in [1.29, 1.82) is 0 Å². The summed E-state index contributed by atoms with van der Waals surface area (Å²) >= 11 is 1.59. The minimum Gasteiger partial charge on any atom is -0.321 e. The van der Waals surface area contributed by atoms with Crippen LogP contribution in [0.4, 0.5) is 10.1 Å². The van der Waals surface area contributed by atoms with Crippen molar-refractivity contribution < 1.29 is 9.18 Å². The molecular formula is C16H16FNOS. The first-order chi connectivity index (χ1) is 9.63. The zero-order chi connectivity index (χ0) is 14.1. The van der Waals surface area contributed by atoms with Crippen LogP contribution in [0.1, 0.15) is 38.5 Å². The molecule has 0 atom stereocenters. The van der Waals surface area contributed by atoms with E-state index in [1.165, 1.54) is 35.4 Å². The van der Waals surface area contributed by atoms with Crippen LogP contribution in [0.2, 0.25) is 0 Å². The van der Waals surface area contributed by atoms with Crippen molar-refractivity contribution in [3.63, 3.8) is 0 Å². The van der Waals surface area contributed by atoms with Gasteiger partial charge in [0.05, 0.1) is 4.88 Å². The highest BCUT2D eigenvalue weighted by Crippen LogP contribution is 2.30. The second-order valence-corrected chi connectivity index (χ2v) is 6.32. The molecule has 1 aromatic heterocycles. The molecule has 20 heavy (non-hydrogen) atoms. The van der Waals surface area contributed by atoms with Crippen molar-refractivity contribution >= 4 is 22.9 Å². The lowest BCUT2D eigenvalue weighted by Crippen LogP contribution is -2.11. The van der Waals surface area contributed by atoms with E-state index in [0.717, 1.165) is 23.3 Å². The van der Waals surface area contributed by atoms with Crippen LogP contribution >= 0.6 is 11.3 Å². The van der Waals surface area contributed by atoms with Gasteiger partial charge in [-0.2, -0.15) is 0 Å². The molecule has 1 aliphatic carbocycles. The molecule has 0 aliphatic heterocycles. The number of nitrogens with one attached hydrogen (secondary N) is 1. The molecule has 0 saturated heterocycles. The molecule has 0 fully saturated rings. The lowest BCUT2D eigenvalue weighted by atomic mass is 9.99. The zero-order valence-corrected chi connectivity index (χ0v) is 12.1. The summed E-state index contributed by atoms with van der Waals surface area (Å²) < 4.78 is 13.1. The standard InChI is InChI=1S/C16H16FNOS/c1-10-8-12(17)6-7-13(10)18-16(19)15-9-11-4-2-3-5-14(11)20-15/h6-9H,2-5H2,1H3,(H,18,19). The predicted octanol–water partition coefficient (Wildman–Crippen LogP) is 4.33. The Bertz CT molecular complexity index is 639. The van der Waals surface area contributed by atoms with E-state index in [9.17, 15) is 9.18 Å². The van der Waals surface area contributed by atoms with Gasteiger partial charge >= 0.3 is 0 Å². The zero-order valence-electron chi connectivity index (χ0n) is 11.3. The van der Waals surface area contributed by atoms with Crippen LogP contribution in [0.5, 0.6) is 0 Å². The summed E-state index contributed by atoms with van der Waals surface area (Å²) in [6.45, 7) is 1.79. The van der Waals surface area contributed by atoms with Gasteiger partial charge in [-0.1, -0.05) is 0 Å². The molecule has 4 heteroatoms. The van der Waals surface area contributed by atoms with Crippen molar-refractivity contribution in [1.82, 2.24) is 0 Å². The highest BCUT2D eigenvalue weighted by atomic mass is 32.1. The van der Waals surface area contributed by atoms with E-state index in [1.54, 1.807) is 24.3 Å². The van der Waals surface area contributed by atoms with E-state index in [2.05, 4.69) is 5.32 Å². The quantitative estimate of drug-likeness (QED) is 0.876. The number of carbonyl (C=O) groups is 1. The van der Waals surface area contributed by atoms with Crippen LogP contribution in [-0.4, -0.2) is 5.91 Å². The molecule has 2 aromatic rings. The fourth-order valence-corrected chi connectivity index (χ4v) is 3.70. The molecule has 1 aromatic carbocycles. The van der Waals surface area contributed by atoms with Crippen LogP contribution in [0, 0.1) is 12.7 Å². The van der Waals surface area contributed by atoms with Gasteiger partial charge in [-0.05, 0) is 68.0 Å². The lowest BCUT2D eigenvalue weighted by molar-refractivity contribution is 0.103. The largest absolute Gasteiger partial charge is 0.321 e. The number of amides is 1. The SMILES string of the molecule is Cc1cc(F)ccc1NC(=O)c1cc2c(s1)CCCC2. The number of rotatable bonds is 2. The van der Waals surface area contributed by atoms with Gasteiger partial charge in [0.25, 0.3) is 5.91 Å². The maximum absolute atomic E-state index is 13.1. The Morgan fingerprint density at radius 3 is 2.80 bits per heavy atom. The molecule has 1 amide bonds. The number of halogens is 1. The molecule has 1 aliphatic rings. The van der Waals surface area contributed by atoms with Crippen molar-refractivity contribution in [2.75, 3.05) is 5.32 Å². The van der Waals surface area contributed by atoms with Crippen LogP contribution in [0.25, 0.3) is 0 Å². The Kier molecular flexibility index (Phi) is 3.57. The normalized spacial score (nSPS) is 13.9. The van der Waals surface area contributed by atoms with E-state index in [4.69, 9.17) is 0 Å². The number of thiophene rings is 1. The van der Waals surface area contributed by atoms with Crippen molar-refractivity contribution in [2.45, 2.75) is 32.6 Å². The molecule has 0 radical (unpaired) electrons. The summed E-state index contributed by atoms with van der Waals surface area (Å²) in [6.07, 6.45) is 4.59. The fraction of sp³-hybridized carbons (Fsp3) is 0.312. The number of hydrogen-bond donors (Lipinski definition) is 1. The Labute approximate surface area is 121 Å². The van der Waals surface area contributed by atoms with Crippen LogP contribution in [0.15, 0.2) is 24.3 Å². The molecular weight excluding hydrogens is 273 g/mol. The minimum absolute atomic E-state index is 0.0980. The van der Waals surface area contributed by atoms with Gasteiger partial charge in [-0.25, -0.2) is 4.39 Å². The van der Waals surface area contributed by atoms with E-state index >= 15 is 0 Å². The lowest BCUT2D eigenvalue weighted by Gasteiger charge is -2.08. The van der Waals surface area contributed by atoms with Gasteiger partial charge in [-0.15, -0.1) is 11.3 Å².